The van der Waals surface area contributed by atoms with E-state index in [2.05, 4.69) is 4.90 Å². The van der Waals surface area contributed by atoms with Crippen molar-refractivity contribution < 1.29 is 23.1 Å². The van der Waals surface area contributed by atoms with E-state index < -0.39 is 23.6 Å². The third kappa shape index (κ3) is 4.13. The predicted molar refractivity (Wildman–Crippen MR) is 76.9 cm³/mol. The number of hydrogen-bond donors (Lipinski definition) is 1. The fourth-order valence-corrected chi connectivity index (χ4v) is 2.52. The molecule has 0 bridgehead atoms. The van der Waals surface area contributed by atoms with Crippen molar-refractivity contribution in [3.63, 3.8) is 0 Å². The van der Waals surface area contributed by atoms with Crippen molar-refractivity contribution in [3.05, 3.63) is 29.8 Å². The summed E-state index contributed by atoms with van der Waals surface area (Å²) in [5, 5.41) is 8.91. The van der Waals surface area contributed by atoms with Crippen LogP contribution in [0.1, 0.15) is 12.5 Å². The zero-order chi connectivity index (χ0) is 16.3. The van der Waals surface area contributed by atoms with Crippen LogP contribution in [0.4, 0.5) is 18.9 Å². The SMILES string of the molecule is C[C@@H](CN1CCN(c2ccc(C(F)(F)F)cc2)CC1)C(=O)O. The molecule has 4 nitrogen and oxygen atoms in total. The minimum absolute atomic E-state index is 0.419. The van der Waals surface area contributed by atoms with Gasteiger partial charge >= 0.3 is 12.1 Å². The molecule has 1 saturated heterocycles. The number of piperazine rings is 1. The fraction of sp³-hybridized carbons (Fsp3) is 0.533. The Hall–Kier alpha value is -1.76. The van der Waals surface area contributed by atoms with Crippen LogP contribution < -0.4 is 4.90 Å². The Balaban J connectivity index is 1.90. The van der Waals surface area contributed by atoms with Crippen molar-refractivity contribution in [1.82, 2.24) is 4.90 Å². The zero-order valence-corrected chi connectivity index (χ0v) is 12.3. The van der Waals surface area contributed by atoms with Gasteiger partial charge in [-0.2, -0.15) is 13.2 Å². The molecule has 122 valence electrons. The molecule has 1 aromatic carbocycles. The minimum Gasteiger partial charge on any atom is -0.481 e. The summed E-state index contributed by atoms with van der Waals surface area (Å²) in [6.07, 6.45) is -4.32. The van der Waals surface area contributed by atoms with E-state index in [1.54, 1.807) is 6.92 Å². The lowest BCUT2D eigenvalue weighted by Crippen LogP contribution is -2.48. The van der Waals surface area contributed by atoms with Gasteiger partial charge in [0.1, 0.15) is 0 Å². The maximum Gasteiger partial charge on any atom is 0.416 e. The molecule has 0 aromatic heterocycles. The Bertz CT molecular complexity index is 509. The van der Waals surface area contributed by atoms with Gasteiger partial charge in [0.15, 0.2) is 0 Å². The van der Waals surface area contributed by atoms with Crippen molar-refractivity contribution in [1.29, 1.82) is 0 Å². The van der Waals surface area contributed by atoms with Crippen LogP contribution in [0, 0.1) is 5.92 Å². The first-order valence-electron chi connectivity index (χ1n) is 7.15. The molecule has 0 unspecified atom stereocenters. The number of carboxylic acids is 1. The van der Waals surface area contributed by atoms with E-state index >= 15 is 0 Å². The van der Waals surface area contributed by atoms with Gasteiger partial charge in [0.25, 0.3) is 0 Å². The molecule has 1 fully saturated rings. The van der Waals surface area contributed by atoms with Crippen LogP contribution in [-0.4, -0.2) is 48.7 Å². The van der Waals surface area contributed by atoms with Gasteiger partial charge < -0.3 is 10.0 Å². The number of carboxylic acid groups (broad SMARTS) is 1. The van der Waals surface area contributed by atoms with Crippen molar-refractivity contribution in [2.45, 2.75) is 13.1 Å². The summed E-state index contributed by atoms with van der Waals surface area (Å²) >= 11 is 0. The average molecular weight is 316 g/mol. The van der Waals surface area contributed by atoms with Gasteiger partial charge in [0.2, 0.25) is 0 Å². The standard InChI is InChI=1S/C15H19F3N2O2/c1-11(14(21)22)10-19-6-8-20(9-7-19)13-4-2-12(3-5-13)15(16,17)18/h2-5,11H,6-10H2,1H3,(H,21,22)/t11-/m0/s1. The summed E-state index contributed by atoms with van der Waals surface area (Å²) in [6.45, 7) is 4.94. The highest BCUT2D eigenvalue weighted by Crippen LogP contribution is 2.30. The van der Waals surface area contributed by atoms with Gasteiger partial charge in [-0.3, -0.25) is 9.69 Å². The number of rotatable bonds is 4. The molecule has 2 rings (SSSR count). The first-order chi connectivity index (χ1) is 10.3. The van der Waals surface area contributed by atoms with Gasteiger partial charge in [0.05, 0.1) is 11.5 Å². The number of alkyl halides is 3. The minimum atomic E-state index is -4.32. The summed E-state index contributed by atoms with van der Waals surface area (Å²) in [6, 6.07) is 5.15. The number of hydrogen-bond acceptors (Lipinski definition) is 3. The molecule has 1 heterocycles. The quantitative estimate of drug-likeness (QED) is 0.927. The monoisotopic (exact) mass is 316 g/mol. The van der Waals surface area contributed by atoms with Crippen LogP contribution in [0.3, 0.4) is 0 Å². The van der Waals surface area contributed by atoms with Crippen LogP contribution in [0.5, 0.6) is 0 Å². The highest BCUT2D eigenvalue weighted by molar-refractivity contribution is 5.69. The lowest BCUT2D eigenvalue weighted by Gasteiger charge is -2.36. The number of aliphatic carboxylic acids is 1. The van der Waals surface area contributed by atoms with Gasteiger partial charge in [-0.15, -0.1) is 0 Å². The van der Waals surface area contributed by atoms with E-state index in [-0.39, 0.29) is 0 Å². The normalized spacial score (nSPS) is 18.3. The van der Waals surface area contributed by atoms with Gasteiger partial charge in [0, 0.05) is 38.4 Å². The van der Waals surface area contributed by atoms with Crippen molar-refractivity contribution in [3.8, 4) is 0 Å². The summed E-state index contributed by atoms with van der Waals surface area (Å²) in [4.78, 5) is 14.9. The molecule has 0 radical (unpaired) electrons. The van der Waals surface area contributed by atoms with E-state index in [1.165, 1.54) is 12.1 Å². The number of nitrogens with zero attached hydrogens (tertiary/aromatic N) is 2. The summed E-state index contributed by atoms with van der Waals surface area (Å²) in [5.41, 5.74) is 0.115. The molecule has 1 aromatic rings. The van der Waals surface area contributed by atoms with Crippen LogP contribution in [-0.2, 0) is 11.0 Å². The number of benzene rings is 1. The molecular formula is C15H19F3N2O2. The fourth-order valence-electron chi connectivity index (χ4n) is 2.52. The van der Waals surface area contributed by atoms with E-state index in [9.17, 15) is 18.0 Å². The Labute approximate surface area is 127 Å². The summed E-state index contributed by atoms with van der Waals surface area (Å²) < 4.78 is 37.6. The van der Waals surface area contributed by atoms with Crippen molar-refractivity contribution in [2.75, 3.05) is 37.6 Å². The Morgan fingerprint density at radius 1 is 1.18 bits per heavy atom. The Kier molecular flexibility index (Phi) is 4.95. The third-order valence-electron chi connectivity index (χ3n) is 3.89. The molecular weight excluding hydrogens is 297 g/mol. The molecule has 1 N–H and O–H groups in total. The Morgan fingerprint density at radius 3 is 2.18 bits per heavy atom. The highest BCUT2D eigenvalue weighted by atomic mass is 19.4. The molecule has 1 aliphatic heterocycles. The second kappa shape index (κ2) is 6.56. The highest BCUT2D eigenvalue weighted by Gasteiger charge is 2.30. The summed E-state index contributed by atoms with van der Waals surface area (Å²) in [5.74, 6) is -1.23. The van der Waals surface area contributed by atoms with E-state index in [4.69, 9.17) is 5.11 Å². The molecule has 0 amide bonds. The number of anilines is 1. The van der Waals surface area contributed by atoms with Crippen LogP contribution in [0.15, 0.2) is 24.3 Å². The lowest BCUT2D eigenvalue weighted by molar-refractivity contribution is -0.141. The average Bonchev–Trinajstić information content (AvgIpc) is 2.47. The number of halogens is 3. The third-order valence-corrected chi connectivity index (χ3v) is 3.89. The maximum absolute atomic E-state index is 12.5. The van der Waals surface area contributed by atoms with E-state index in [0.717, 1.165) is 17.8 Å². The predicted octanol–water partition coefficient (Wildman–Crippen LogP) is 2.55. The van der Waals surface area contributed by atoms with Crippen LogP contribution in [0.25, 0.3) is 0 Å². The largest absolute Gasteiger partial charge is 0.481 e. The van der Waals surface area contributed by atoms with E-state index in [1.807, 2.05) is 4.90 Å². The first-order valence-corrected chi connectivity index (χ1v) is 7.15. The molecule has 1 aliphatic rings. The lowest BCUT2D eigenvalue weighted by atomic mass is 10.1. The zero-order valence-electron chi connectivity index (χ0n) is 12.3. The molecule has 22 heavy (non-hydrogen) atoms. The van der Waals surface area contributed by atoms with Gasteiger partial charge in [-0.25, -0.2) is 0 Å². The van der Waals surface area contributed by atoms with E-state index in [0.29, 0.717) is 32.7 Å². The molecule has 0 aliphatic carbocycles. The summed E-state index contributed by atoms with van der Waals surface area (Å²) in [7, 11) is 0. The molecule has 0 saturated carbocycles. The smallest absolute Gasteiger partial charge is 0.416 e. The van der Waals surface area contributed by atoms with Crippen LogP contribution >= 0.6 is 0 Å². The van der Waals surface area contributed by atoms with Crippen molar-refractivity contribution >= 4 is 11.7 Å². The van der Waals surface area contributed by atoms with Crippen molar-refractivity contribution in [2.24, 2.45) is 5.92 Å². The molecule has 0 spiro atoms. The second-order valence-electron chi connectivity index (χ2n) is 5.57. The maximum atomic E-state index is 12.5. The number of carbonyl (C=O) groups is 1. The Morgan fingerprint density at radius 2 is 1.73 bits per heavy atom. The van der Waals surface area contributed by atoms with Gasteiger partial charge in [-0.1, -0.05) is 6.92 Å². The molecule has 7 heteroatoms. The molecule has 1 atom stereocenters. The second-order valence-corrected chi connectivity index (χ2v) is 5.57. The van der Waals surface area contributed by atoms with Gasteiger partial charge in [-0.05, 0) is 24.3 Å². The first kappa shape index (κ1) is 16.6. The van der Waals surface area contributed by atoms with Crippen LogP contribution in [0.2, 0.25) is 0 Å². The topological polar surface area (TPSA) is 43.8 Å².